The van der Waals surface area contributed by atoms with Crippen LogP contribution in [0.15, 0.2) is 30.3 Å². The first kappa shape index (κ1) is 15.8. The second-order valence-corrected chi connectivity index (χ2v) is 6.09. The summed E-state index contributed by atoms with van der Waals surface area (Å²) in [5, 5.41) is 3.19. The van der Waals surface area contributed by atoms with Crippen LogP contribution in [0.1, 0.15) is 26.7 Å². The topological polar surface area (TPSA) is 35.6 Å². The molecule has 4 nitrogen and oxygen atoms in total. The quantitative estimate of drug-likeness (QED) is 0.904. The van der Waals surface area contributed by atoms with Crippen LogP contribution in [0, 0.1) is 0 Å². The Morgan fingerprint density at radius 2 is 1.90 bits per heavy atom. The molecule has 1 aliphatic heterocycles. The molecule has 0 spiro atoms. The van der Waals surface area contributed by atoms with Crippen LogP contribution in [0.4, 0.5) is 5.69 Å². The van der Waals surface area contributed by atoms with Crippen molar-refractivity contribution in [1.82, 2.24) is 9.80 Å². The van der Waals surface area contributed by atoms with E-state index in [2.05, 4.69) is 24.1 Å². The number of amides is 1. The second kappa shape index (κ2) is 7.46. The molecule has 4 heteroatoms. The molecule has 1 saturated heterocycles. The Morgan fingerprint density at radius 3 is 2.48 bits per heavy atom. The van der Waals surface area contributed by atoms with Gasteiger partial charge in [-0.15, -0.1) is 0 Å². The van der Waals surface area contributed by atoms with Crippen LogP contribution in [-0.2, 0) is 4.79 Å². The molecule has 1 amide bonds. The number of benzene rings is 1. The smallest absolute Gasteiger partial charge is 0.241 e. The highest BCUT2D eigenvalue weighted by Crippen LogP contribution is 2.17. The first-order valence-corrected chi connectivity index (χ1v) is 7.86. The van der Waals surface area contributed by atoms with Gasteiger partial charge in [-0.3, -0.25) is 4.79 Å². The fourth-order valence-corrected chi connectivity index (χ4v) is 2.85. The van der Waals surface area contributed by atoms with Crippen LogP contribution < -0.4 is 5.32 Å². The largest absolute Gasteiger partial charge is 0.376 e. The number of rotatable bonds is 5. The van der Waals surface area contributed by atoms with Crippen molar-refractivity contribution in [2.45, 2.75) is 38.8 Å². The van der Waals surface area contributed by atoms with E-state index in [0.29, 0.717) is 18.6 Å². The zero-order valence-corrected chi connectivity index (χ0v) is 13.4. The zero-order valence-electron chi connectivity index (χ0n) is 13.4. The van der Waals surface area contributed by atoms with Gasteiger partial charge in [-0.1, -0.05) is 18.2 Å². The molecule has 0 bridgehead atoms. The lowest BCUT2D eigenvalue weighted by atomic mass is 10.0. The lowest BCUT2D eigenvalue weighted by Gasteiger charge is -2.38. The molecule has 0 saturated carbocycles. The van der Waals surface area contributed by atoms with Crippen molar-refractivity contribution in [2.24, 2.45) is 0 Å². The summed E-state index contributed by atoms with van der Waals surface area (Å²) in [6, 6.07) is 10.9. The number of piperidine rings is 1. The summed E-state index contributed by atoms with van der Waals surface area (Å²) in [5.74, 6) is 0.168. The van der Waals surface area contributed by atoms with Crippen LogP contribution in [0.25, 0.3) is 0 Å². The Labute approximate surface area is 128 Å². The molecular weight excluding hydrogens is 262 g/mol. The van der Waals surface area contributed by atoms with E-state index in [1.165, 1.54) is 0 Å². The Kier molecular flexibility index (Phi) is 5.62. The minimum absolute atomic E-state index is 0.168. The lowest BCUT2D eigenvalue weighted by Crippen LogP contribution is -2.48. The molecule has 21 heavy (non-hydrogen) atoms. The van der Waals surface area contributed by atoms with Crippen LogP contribution in [0.2, 0.25) is 0 Å². The van der Waals surface area contributed by atoms with E-state index in [4.69, 9.17) is 0 Å². The predicted molar refractivity (Wildman–Crippen MR) is 87.4 cm³/mol. The van der Waals surface area contributed by atoms with Gasteiger partial charge in [-0.05, 0) is 38.8 Å². The standard InChI is InChI=1S/C17H27N3O/c1-14(2)20-11-9-16(10-12-20)19(3)17(21)13-18-15-7-5-4-6-8-15/h4-8,14,16,18H,9-13H2,1-3H3. The molecule has 1 aliphatic rings. The Hall–Kier alpha value is -1.55. The van der Waals surface area contributed by atoms with Crippen LogP contribution >= 0.6 is 0 Å². The van der Waals surface area contributed by atoms with Gasteiger partial charge in [-0.25, -0.2) is 0 Å². The molecule has 2 rings (SSSR count). The third-order valence-corrected chi connectivity index (χ3v) is 4.39. The van der Waals surface area contributed by atoms with Crippen molar-refractivity contribution in [1.29, 1.82) is 0 Å². The van der Waals surface area contributed by atoms with Gasteiger partial charge in [0.1, 0.15) is 0 Å². The minimum atomic E-state index is 0.168. The lowest BCUT2D eigenvalue weighted by molar-refractivity contribution is -0.131. The molecule has 1 N–H and O–H groups in total. The first-order chi connectivity index (χ1) is 10.1. The molecule has 1 aromatic rings. The number of likely N-dealkylation sites (N-methyl/N-ethyl adjacent to an activating group) is 1. The molecule has 0 aromatic heterocycles. The molecule has 0 unspecified atom stereocenters. The number of hydrogen-bond donors (Lipinski definition) is 1. The maximum absolute atomic E-state index is 12.3. The zero-order chi connectivity index (χ0) is 15.2. The van der Waals surface area contributed by atoms with Crippen molar-refractivity contribution in [3.63, 3.8) is 0 Å². The van der Waals surface area contributed by atoms with Gasteiger partial charge in [0.15, 0.2) is 0 Å². The number of anilines is 1. The van der Waals surface area contributed by atoms with Gasteiger partial charge in [-0.2, -0.15) is 0 Å². The average molecular weight is 289 g/mol. The molecule has 0 atom stereocenters. The number of likely N-dealkylation sites (tertiary alicyclic amines) is 1. The van der Waals surface area contributed by atoms with E-state index in [0.717, 1.165) is 31.6 Å². The maximum atomic E-state index is 12.3. The molecule has 1 heterocycles. The number of nitrogens with one attached hydrogen (secondary N) is 1. The summed E-state index contributed by atoms with van der Waals surface area (Å²) in [4.78, 5) is 16.7. The predicted octanol–water partition coefficient (Wildman–Crippen LogP) is 2.43. The Morgan fingerprint density at radius 1 is 1.29 bits per heavy atom. The van der Waals surface area contributed by atoms with Crippen LogP contribution in [0.5, 0.6) is 0 Å². The SMILES string of the molecule is CC(C)N1CCC(N(C)C(=O)CNc2ccccc2)CC1. The number of carbonyl (C=O) groups excluding carboxylic acids is 1. The van der Waals surface area contributed by atoms with E-state index in [1.807, 2.05) is 42.3 Å². The highest BCUT2D eigenvalue weighted by atomic mass is 16.2. The summed E-state index contributed by atoms with van der Waals surface area (Å²) >= 11 is 0. The molecule has 116 valence electrons. The van der Waals surface area contributed by atoms with Gasteiger partial charge in [0.05, 0.1) is 6.54 Å². The van der Waals surface area contributed by atoms with Crippen molar-refractivity contribution in [3.05, 3.63) is 30.3 Å². The highest BCUT2D eigenvalue weighted by molar-refractivity contribution is 5.80. The molecule has 0 aliphatic carbocycles. The van der Waals surface area contributed by atoms with E-state index in [-0.39, 0.29) is 5.91 Å². The summed E-state index contributed by atoms with van der Waals surface area (Å²) < 4.78 is 0. The van der Waals surface area contributed by atoms with Gasteiger partial charge in [0.25, 0.3) is 0 Å². The molecule has 0 radical (unpaired) electrons. The number of carbonyl (C=O) groups is 1. The Balaban J connectivity index is 1.78. The van der Waals surface area contributed by atoms with Crippen molar-refractivity contribution in [3.8, 4) is 0 Å². The highest BCUT2D eigenvalue weighted by Gasteiger charge is 2.25. The van der Waals surface area contributed by atoms with Crippen molar-refractivity contribution >= 4 is 11.6 Å². The van der Waals surface area contributed by atoms with Crippen molar-refractivity contribution in [2.75, 3.05) is 32.0 Å². The molecular formula is C17H27N3O. The number of nitrogens with zero attached hydrogens (tertiary/aromatic N) is 2. The van der Waals surface area contributed by atoms with Crippen molar-refractivity contribution < 1.29 is 4.79 Å². The normalized spacial score (nSPS) is 17.0. The van der Waals surface area contributed by atoms with Gasteiger partial charge >= 0.3 is 0 Å². The molecule has 1 fully saturated rings. The van der Waals surface area contributed by atoms with E-state index in [9.17, 15) is 4.79 Å². The third kappa shape index (κ3) is 4.46. The van der Waals surface area contributed by atoms with Gasteiger partial charge in [0, 0.05) is 37.9 Å². The summed E-state index contributed by atoms with van der Waals surface area (Å²) in [7, 11) is 1.94. The van der Waals surface area contributed by atoms with E-state index < -0.39 is 0 Å². The maximum Gasteiger partial charge on any atom is 0.241 e. The average Bonchev–Trinajstić information content (AvgIpc) is 2.53. The van der Waals surface area contributed by atoms with E-state index >= 15 is 0 Å². The summed E-state index contributed by atoms with van der Waals surface area (Å²) in [6.45, 7) is 7.01. The molecule has 1 aromatic carbocycles. The summed E-state index contributed by atoms with van der Waals surface area (Å²) in [5.41, 5.74) is 0.994. The monoisotopic (exact) mass is 289 g/mol. The fourth-order valence-electron chi connectivity index (χ4n) is 2.85. The van der Waals surface area contributed by atoms with Gasteiger partial charge < -0.3 is 15.1 Å². The minimum Gasteiger partial charge on any atom is -0.376 e. The Bertz CT molecular complexity index is 439. The second-order valence-electron chi connectivity index (χ2n) is 6.09. The van der Waals surface area contributed by atoms with E-state index in [1.54, 1.807) is 0 Å². The van der Waals surface area contributed by atoms with Crippen LogP contribution in [0.3, 0.4) is 0 Å². The first-order valence-electron chi connectivity index (χ1n) is 7.86. The van der Waals surface area contributed by atoms with Gasteiger partial charge in [0.2, 0.25) is 5.91 Å². The summed E-state index contributed by atoms with van der Waals surface area (Å²) in [6.07, 6.45) is 2.15. The third-order valence-electron chi connectivity index (χ3n) is 4.39. The number of para-hydroxylation sites is 1. The van der Waals surface area contributed by atoms with Crippen LogP contribution in [-0.4, -0.2) is 54.5 Å². The number of hydrogen-bond acceptors (Lipinski definition) is 3. The fraction of sp³-hybridized carbons (Fsp3) is 0.588.